The number of nitrogens with one attached hydrogen (secondary N) is 3. The molecule has 3 aromatic rings. The number of rotatable bonds is 14. The first kappa shape index (κ1) is 27.9. The topological polar surface area (TPSA) is 104 Å². The number of pyridine rings is 1. The maximum atomic E-state index is 12.4. The van der Waals surface area contributed by atoms with Gasteiger partial charge in [0.25, 0.3) is 0 Å². The lowest BCUT2D eigenvalue weighted by Gasteiger charge is -2.19. The van der Waals surface area contributed by atoms with Crippen LogP contribution in [0.25, 0.3) is 11.3 Å². The van der Waals surface area contributed by atoms with Crippen molar-refractivity contribution in [3.63, 3.8) is 0 Å². The minimum absolute atomic E-state index is 0.0925. The number of urea groups is 1. The molecule has 0 saturated heterocycles. The summed E-state index contributed by atoms with van der Waals surface area (Å²) >= 11 is 0. The molecule has 0 aliphatic heterocycles. The average Bonchev–Trinajstić information content (AvgIpc) is 2.94. The molecule has 0 spiro atoms. The molecule has 9 nitrogen and oxygen atoms in total. The van der Waals surface area contributed by atoms with Crippen LogP contribution in [0.3, 0.4) is 0 Å². The zero-order valence-corrected chi connectivity index (χ0v) is 22.3. The molecule has 1 aromatic carbocycles. The molecule has 0 aliphatic carbocycles. The number of benzene rings is 1. The lowest BCUT2D eigenvalue weighted by Crippen LogP contribution is -2.32. The van der Waals surface area contributed by atoms with Gasteiger partial charge in [0.05, 0.1) is 36.9 Å². The van der Waals surface area contributed by atoms with Gasteiger partial charge in [0.1, 0.15) is 11.6 Å². The second kappa shape index (κ2) is 14.7. The van der Waals surface area contributed by atoms with E-state index in [1.807, 2.05) is 30.5 Å². The predicted octanol–water partition coefficient (Wildman–Crippen LogP) is 5.35. The molecular formula is C28H39N7O2. The lowest BCUT2D eigenvalue weighted by atomic mass is 10.0. The summed E-state index contributed by atoms with van der Waals surface area (Å²) in [5, 5.41) is 9.30. The second-order valence-electron chi connectivity index (χ2n) is 8.74. The molecule has 3 rings (SSSR count). The van der Waals surface area contributed by atoms with E-state index in [4.69, 9.17) is 9.72 Å². The van der Waals surface area contributed by atoms with Gasteiger partial charge in [0, 0.05) is 24.5 Å². The highest BCUT2D eigenvalue weighted by molar-refractivity contribution is 5.91. The Morgan fingerprint density at radius 1 is 1.08 bits per heavy atom. The monoisotopic (exact) mass is 505 g/mol. The van der Waals surface area contributed by atoms with Crippen molar-refractivity contribution >= 4 is 17.5 Å². The Labute approximate surface area is 220 Å². The van der Waals surface area contributed by atoms with Gasteiger partial charge in [-0.15, -0.1) is 0 Å². The molecule has 198 valence electrons. The molecule has 1 unspecified atom stereocenters. The number of carbonyl (C=O) groups is 1. The molecular weight excluding hydrogens is 466 g/mol. The van der Waals surface area contributed by atoms with Gasteiger partial charge in [-0.25, -0.2) is 9.78 Å². The molecule has 2 aromatic heterocycles. The molecule has 3 N–H and O–H groups in total. The fraction of sp³-hybridized carbons (Fsp3) is 0.429. The normalized spacial score (nSPS) is 11.7. The van der Waals surface area contributed by atoms with Crippen LogP contribution < -0.4 is 20.7 Å². The first-order valence-electron chi connectivity index (χ1n) is 13.0. The number of carbonyl (C=O) groups excluding carboxylic acids is 1. The number of amides is 2. The number of hydrogen-bond donors (Lipinski definition) is 3. The first-order valence-corrected chi connectivity index (χ1v) is 13.0. The molecule has 0 saturated carbocycles. The summed E-state index contributed by atoms with van der Waals surface area (Å²) < 4.78 is 5.56. The van der Waals surface area contributed by atoms with Gasteiger partial charge < -0.3 is 25.6 Å². The quantitative estimate of drug-likeness (QED) is 0.254. The molecule has 0 radical (unpaired) electrons. The van der Waals surface area contributed by atoms with E-state index in [0.717, 1.165) is 50.0 Å². The van der Waals surface area contributed by atoms with Crippen LogP contribution in [0.1, 0.15) is 51.6 Å². The second-order valence-corrected chi connectivity index (χ2v) is 8.74. The summed E-state index contributed by atoms with van der Waals surface area (Å²) in [4.78, 5) is 28.2. The molecule has 2 heterocycles. The van der Waals surface area contributed by atoms with Crippen LogP contribution in [0.5, 0.6) is 5.75 Å². The fourth-order valence-corrected chi connectivity index (χ4v) is 4.11. The van der Waals surface area contributed by atoms with Gasteiger partial charge in [-0.05, 0) is 56.2 Å². The molecule has 0 fully saturated rings. The van der Waals surface area contributed by atoms with Gasteiger partial charge in [0.2, 0.25) is 0 Å². The van der Waals surface area contributed by atoms with Crippen molar-refractivity contribution in [3.05, 3.63) is 60.7 Å². The smallest absolute Gasteiger partial charge is 0.319 e. The van der Waals surface area contributed by atoms with E-state index >= 15 is 0 Å². The minimum Gasteiger partial charge on any atom is -0.495 e. The zero-order chi connectivity index (χ0) is 26.5. The van der Waals surface area contributed by atoms with E-state index in [2.05, 4.69) is 57.7 Å². The minimum atomic E-state index is -0.256. The number of hydrogen-bond acceptors (Lipinski definition) is 7. The summed E-state index contributed by atoms with van der Waals surface area (Å²) in [6.07, 6.45) is 9.96. The summed E-state index contributed by atoms with van der Waals surface area (Å²) in [6.45, 7) is 10.0. The molecule has 1 atom stereocenters. The summed E-state index contributed by atoms with van der Waals surface area (Å²) in [5.41, 5.74) is 3.25. The standard InChI is InChI=1S/C28H39N7O2/c1-5-10-23(22-11-8-14-29-18-22)32-27-20-30-19-25(33-27)21-12-13-24(26(17-21)37-4)34-28(36)31-15-9-16-35(6-2)7-3/h8,11-14,17-20,23H,5-7,9-10,15-16H2,1-4H3,(H,32,33)(H2,31,34,36). The highest BCUT2D eigenvalue weighted by atomic mass is 16.5. The number of ether oxygens (including phenoxy) is 1. The number of aromatic nitrogens is 3. The van der Waals surface area contributed by atoms with Gasteiger partial charge in [0.15, 0.2) is 0 Å². The van der Waals surface area contributed by atoms with E-state index in [1.165, 1.54) is 0 Å². The van der Waals surface area contributed by atoms with Crippen LogP contribution in [0, 0.1) is 0 Å². The van der Waals surface area contributed by atoms with Crippen molar-refractivity contribution in [1.29, 1.82) is 0 Å². The van der Waals surface area contributed by atoms with Gasteiger partial charge in [-0.1, -0.05) is 39.3 Å². The van der Waals surface area contributed by atoms with E-state index in [9.17, 15) is 4.79 Å². The third-order valence-electron chi connectivity index (χ3n) is 6.20. The number of nitrogens with zero attached hydrogens (tertiary/aromatic N) is 4. The molecule has 9 heteroatoms. The van der Waals surface area contributed by atoms with E-state index in [0.29, 0.717) is 29.5 Å². The SMILES string of the molecule is CCCC(Nc1cncc(-c2ccc(NC(=O)NCCCN(CC)CC)c(OC)c2)n1)c1cccnc1. The van der Waals surface area contributed by atoms with E-state index in [1.54, 1.807) is 25.7 Å². The Kier molecular flexibility index (Phi) is 11.1. The zero-order valence-electron chi connectivity index (χ0n) is 22.3. The van der Waals surface area contributed by atoms with Crippen molar-refractivity contribution in [3.8, 4) is 17.0 Å². The number of methoxy groups -OCH3 is 1. The maximum absolute atomic E-state index is 12.4. The van der Waals surface area contributed by atoms with Crippen LogP contribution in [0.4, 0.5) is 16.3 Å². The molecule has 0 aliphatic rings. The van der Waals surface area contributed by atoms with Crippen LogP contribution in [-0.2, 0) is 0 Å². The van der Waals surface area contributed by atoms with Crippen LogP contribution >= 0.6 is 0 Å². The third-order valence-corrected chi connectivity index (χ3v) is 6.20. The van der Waals surface area contributed by atoms with Crippen molar-refractivity contribution in [1.82, 2.24) is 25.2 Å². The van der Waals surface area contributed by atoms with Crippen molar-refractivity contribution < 1.29 is 9.53 Å². The van der Waals surface area contributed by atoms with Crippen molar-refractivity contribution in [2.45, 2.75) is 46.1 Å². The van der Waals surface area contributed by atoms with Crippen LogP contribution in [-0.4, -0.2) is 59.2 Å². The lowest BCUT2D eigenvalue weighted by molar-refractivity contribution is 0.250. The first-order chi connectivity index (χ1) is 18.1. The van der Waals surface area contributed by atoms with Crippen LogP contribution in [0.15, 0.2) is 55.1 Å². The van der Waals surface area contributed by atoms with Gasteiger partial charge >= 0.3 is 6.03 Å². The Balaban J connectivity index is 1.66. The van der Waals surface area contributed by atoms with Crippen LogP contribution in [0.2, 0.25) is 0 Å². The van der Waals surface area contributed by atoms with Gasteiger partial charge in [-0.2, -0.15) is 0 Å². The Morgan fingerprint density at radius 2 is 1.92 bits per heavy atom. The summed E-state index contributed by atoms with van der Waals surface area (Å²) in [5.74, 6) is 1.24. The fourth-order valence-electron chi connectivity index (χ4n) is 4.11. The highest BCUT2D eigenvalue weighted by Gasteiger charge is 2.14. The summed E-state index contributed by atoms with van der Waals surface area (Å²) in [7, 11) is 1.58. The Morgan fingerprint density at radius 3 is 2.62 bits per heavy atom. The highest BCUT2D eigenvalue weighted by Crippen LogP contribution is 2.31. The Hall–Kier alpha value is -3.72. The molecule has 37 heavy (non-hydrogen) atoms. The van der Waals surface area contributed by atoms with Crippen molar-refractivity contribution in [2.75, 3.05) is 43.9 Å². The summed E-state index contributed by atoms with van der Waals surface area (Å²) in [6, 6.07) is 9.42. The average molecular weight is 506 g/mol. The van der Waals surface area contributed by atoms with E-state index in [-0.39, 0.29) is 12.1 Å². The molecule has 0 bridgehead atoms. The Bertz CT molecular complexity index is 1110. The van der Waals surface area contributed by atoms with E-state index < -0.39 is 0 Å². The maximum Gasteiger partial charge on any atom is 0.319 e. The van der Waals surface area contributed by atoms with Gasteiger partial charge in [-0.3, -0.25) is 9.97 Å². The largest absolute Gasteiger partial charge is 0.495 e. The third kappa shape index (κ3) is 8.42. The van der Waals surface area contributed by atoms with Crippen molar-refractivity contribution in [2.24, 2.45) is 0 Å². The molecule has 2 amide bonds. The number of anilines is 2. The predicted molar refractivity (Wildman–Crippen MR) is 149 cm³/mol.